The van der Waals surface area contributed by atoms with E-state index in [1.165, 1.54) is 0 Å². The zero-order valence-corrected chi connectivity index (χ0v) is 10.2. The van der Waals surface area contributed by atoms with Gasteiger partial charge in [-0.2, -0.15) is 0 Å². The molecule has 1 aromatic rings. The van der Waals surface area contributed by atoms with Gasteiger partial charge in [-0.25, -0.2) is 0 Å². The molecule has 88 valence electrons. The standard InChI is InChI=1S/C13H20N2O/c1-9(2)12(8-14)15-13(16)11-6-4-10(3)5-7-11/h4-7,9,12H,8,14H2,1-3H3,(H,15,16). The highest BCUT2D eigenvalue weighted by atomic mass is 16.1. The molecule has 0 aliphatic carbocycles. The van der Waals surface area contributed by atoms with Gasteiger partial charge in [0.1, 0.15) is 0 Å². The summed E-state index contributed by atoms with van der Waals surface area (Å²) in [7, 11) is 0. The van der Waals surface area contributed by atoms with E-state index in [9.17, 15) is 4.79 Å². The van der Waals surface area contributed by atoms with Crippen molar-refractivity contribution in [1.82, 2.24) is 5.32 Å². The average Bonchev–Trinajstić information content (AvgIpc) is 2.26. The first-order valence-electron chi connectivity index (χ1n) is 5.62. The summed E-state index contributed by atoms with van der Waals surface area (Å²) >= 11 is 0. The Kier molecular flexibility index (Phi) is 4.50. The molecule has 0 spiro atoms. The first-order valence-corrected chi connectivity index (χ1v) is 5.62. The molecule has 1 aromatic carbocycles. The van der Waals surface area contributed by atoms with Gasteiger partial charge in [-0.3, -0.25) is 4.79 Å². The highest BCUT2D eigenvalue weighted by Crippen LogP contribution is 2.05. The van der Waals surface area contributed by atoms with Crippen molar-refractivity contribution in [3.63, 3.8) is 0 Å². The van der Waals surface area contributed by atoms with Crippen LogP contribution in [-0.2, 0) is 0 Å². The molecule has 3 heteroatoms. The quantitative estimate of drug-likeness (QED) is 0.811. The van der Waals surface area contributed by atoms with Gasteiger partial charge in [-0.1, -0.05) is 31.5 Å². The lowest BCUT2D eigenvalue weighted by Gasteiger charge is -2.20. The van der Waals surface area contributed by atoms with Crippen LogP contribution < -0.4 is 11.1 Å². The van der Waals surface area contributed by atoms with E-state index in [1.54, 1.807) is 0 Å². The van der Waals surface area contributed by atoms with Gasteiger partial charge in [0.05, 0.1) is 0 Å². The number of hydrogen-bond donors (Lipinski definition) is 2. The highest BCUT2D eigenvalue weighted by molar-refractivity contribution is 5.94. The number of nitrogens with one attached hydrogen (secondary N) is 1. The molecule has 0 bridgehead atoms. The van der Waals surface area contributed by atoms with Gasteiger partial charge < -0.3 is 11.1 Å². The topological polar surface area (TPSA) is 55.1 Å². The Morgan fingerprint density at radius 2 is 1.88 bits per heavy atom. The summed E-state index contributed by atoms with van der Waals surface area (Å²) in [5.74, 6) is 0.295. The molecule has 0 radical (unpaired) electrons. The van der Waals surface area contributed by atoms with E-state index in [0.717, 1.165) is 5.56 Å². The summed E-state index contributed by atoms with van der Waals surface area (Å²) in [5.41, 5.74) is 7.44. The molecule has 1 atom stereocenters. The molecule has 0 aromatic heterocycles. The maximum atomic E-state index is 11.9. The van der Waals surface area contributed by atoms with Gasteiger partial charge in [0.15, 0.2) is 0 Å². The van der Waals surface area contributed by atoms with E-state index in [0.29, 0.717) is 18.0 Å². The minimum Gasteiger partial charge on any atom is -0.348 e. The fourth-order valence-corrected chi connectivity index (χ4v) is 1.45. The van der Waals surface area contributed by atoms with E-state index in [2.05, 4.69) is 5.32 Å². The van der Waals surface area contributed by atoms with Gasteiger partial charge in [-0.05, 0) is 25.0 Å². The van der Waals surface area contributed by atoms with Crippen LogP contribution in [0.3, 0.4) is 0 Å². The lowest BCUT2D eigenvalue weighted by atomic mass is 10.0. The second-order valence-corrected chi connectivity index (χ2v) is 4.43. The molecule has 1 rings (SSSR count). The van der Waals surface area contributed by atoms with Crippen molar-refractivity contribution in [3.8, 4) is 0 Å². The number of nitrogens with two attached hydrogens (primary N) is 1. The van der Waals surface area contributed by atoms with Gasteiger partial charge in [-0.15, -0.1) is 0 Å². The summed E-state index contributed by atoms with van der Waals surface area (Å²) in [4.78, 5) is 11.9. The Morgan fingerprint density at radius 3 is 2.31 bits per heavy atom. The van der Waals surface area contributed by atoms with Gasteiger partial charge in [0, 0.05) is 18.2 Å². The lowest BCUT2D eigenvalue weighted by Crippen LogP contribution is -2.43. The van der Waals surface area contributed by atoms with Crippen molar-refractivity contribution in [1.29, 1.82) is 0 Å². The Balaban J connectivity index is 2.68. The van der Waals surface area contributed by atoms with Crippen LogP contribution in [0.4, 0.5) is 0 Å². The van der Waals surface area contributed by atoms with Crippen LogP contribution in [0, 0.1) is 12.8 Å². The fraction of sp³-hybridized carbons (Fsp3) is 0.462. The van der Waals surface area contributed by atoms with Crippen LogP contribution in [0.25, 0.3) is 0 Å². The number of carbonyl (C=O) groups excluding carboxylic acids is 1. The molecule has 3 nitrogen and oxygen atoms in total. The zero-order valence-electron chi connectivity index (χ0n) is 10.2. The predicted octanol–water partition coefficient (Wildman–Crippen LogP) is 1.71. The molecule has 0 saturated carbocycles. The number of carbonyl (C=O) groups is 1. The summed E-state index contributed by atoms with van der Waals surface area (Å²) in [5, 5.41) is 2.94. The Bertz CT molecular complexity index is 343. The highest BCUT2D eigenvalue weighted by Gasteiger charge is 2.15. The van der Waals surface area contributed by atoms with Crippen molar-refractivity contribution in [2.75, 3.05) is 6.54 Å². The SMILES string of the molecule is Cc1ccc(C(=O)NC(CN)C(C)C)cc1. The van der Waals surface area contributed by atoms with E-state index in [1.807, 2.05) is 45.0 Å². The molecule has 0 aliphatic rings. The first kappa shape index (κ1) is 12.7. The normalized spacial score (nSPS) is 12.6. The van der Waals surface area contributed by atoms with Crippen LogP contribution in [-0.4, -0.2) is 18.5 Å². The van der Waals surface area contributed by atoms with E-state index < -0.39 is 0 Å². The monoisotopic (exact) mass is 220 g/mol. The van der Waals surface area contributed by atoms with Crippen molar-refractivity contribution >= 4 is 5.91 Å². The third-order valence-electron chi connectivity index (χ3n) is 2.69. The summed E-state index contributed by atoms with van der Waals surface area (Å²) in [6.07, 6.45) is 0. The summed E-state index contributed by atoms with van der Waals surface area (Å²) < 4.78 is 0. The van der Waals surface area contributed by atoms with Crippen molar-refractivity contribution in [3.05, 3.63) is 35.4 Å². The maximum Gasteiger partial charge on any atom is 0.251 e. The second-order valence-electron chi connectivity index (χ2n) is 4.43. The molecular weight excluding hydrogens is 200 g/mol. The number of hydrogen-bond acceptors (Lipinski definition) is 2. The minimum absolute atomic E-state index is 0.0359. The Labute approximate surface area is 97.0 Å². The van der Waals surface area contributed by atoms with Crippen LogP contribution in [0.2, 0.25) is 0 Å². The van der Waals surface area contributed by atoms with E-state index in [-0.39, 0.29) is 11.9 Å². The first-order chi connectivity index (χ1) is 7.54. The minimum atomic E-state index is -0.0517. The van der Waals surface area contributed by atoms with Crippen molar-refractivity contribution in [2.45, 2.75) is 26.8 Å². The molecule has 0 fully saturated rings. The predicted molar refractivity (Wildman–Crippen MR) is 66.3 cm³/mol. The van der Waals surface area contributed by atoms with Gasteiger partial charge in [0.25, 0.3) is 5.91 Å². The van der Waals surface area contributed by atoms with Gasteiger partial charge in [0.2, 0.25) is 0 Å². The van der Waals surface area contributed by atoms with Crippen LogP contribution in [0.15, 0.2) is 24.3 Å². The molecule has 0 saturated heterocycles. The molecule has 0 aliphatic heterocycles. The smallest absolute Gasteiger partial charge is 0.251 e. The number of aryl methyl sites for hydroxylation is 1. The Morgan fingerprint density at radius 1 is 1.31 bits per heavy atom. The third-order valence-corrected chi connectivity index (χ3v) is 2.69. The zero-order chi connectivity index (χ0) is 12.1. The average molecular weight is 220 g/mol. The fourth-order valence-electron chi connectivity index (χ4n) is 1.45. The second kappa shape index (κ2) is 5.66. The summed E-state index contributed by atoms with van der Waals surface area (Å²) in [6, 6.07) is 7.56. The molecule has 1 amide bonds. The molecular formula is C13H20N2O. The summed E-state index contributed by atoms with van der Waals surface area (Å²) in [6.45, 7) is 6.56. The molecule has 16 heavy (non-hydrogen) atoms. The molecule has 0 heterocycles. The largest absolute Gasteiger partial charge is 0.348 e. The maximum absolute atomic E-state index is 11.9. The van der Waals surface area contributed by atoms with Crippen molar-refractivity contribution < 1.29 is 4.79 Å². The van der Waals surface area contributed by atoms with E-state index in [4.69, 9.17) is 5.73 Å². The molecule has 3 N–H and O–H groups in total. The Hall–Kier alpha value is -1.35. The van der Waals surface area contributed by atoms with Crippen LogP contribution >= 0.6 is 0 Å². The lowest BCUT2D eigenvalue weighted by molar-refractivity contribution is 0.0928. The number of amides is 1. The van der Waals surface area contributed by atoms with E-state index >= 15 is 0 Å². The third kappa shape index (κ3) is 3.35. The van der Waals surface area contributed by atoms with Crippen LogP contribution in [0.1, 0.15) is 29.8 Å². The number of rotatable bonds is 4. The van der Waals surface area contributed by atoms with Crippen LogP contribution in [0.5, 0.6) is 0 Å². The molecule has 1 unspecified atom stereocenters. The van der Waals surface area contributed by atoms with Crippen molar-refractivity contribution in [2.24, 2.45) is 11.7 Å². The van der Waals surface area contributed by atoms with Gasteiger partial charge >= 0.3 is 0 Å². The number of benzene rings is 1.